The molecule has 1 aliphatic rings. The maximum absolute atomic E-state index is 13.2. The van der Waals surface area contributed by atoms with Crippen LogP contribution in [-0.4, -0.2) is 36.2 Å². The number of imide groups is 1. The molecule has 40 heavy (non-hydrogen) atoms. The van der Waals surface area contributed by atoms with Gasteiger partial charge in [0.2, 0.25) is 0 Å². The van der Waals surface area contributed by atoms with Crippen LogP contribution >= 0.6 is 11.6 Å². The van der Waals surface area contributed by atoms with Crippen LogP contribution in [0.5, 0.6) is 11.5 Å². The van der Waals surface area contributed by atoms with Crippen LogP contribution in [0.15, 0.2) is 97.1 Å². The van der Waals surface area contributed by atoms with Crippen molar-refractivity contribution in [1.82, 2.24) is 4.90 Å². The highest BCUT2D eigenvalue weighted by Crippen LogP contribution is 2.36. The third-order valence-corrected chi connectivity index (χ3v) is 7.05. The first-order chi connectivity index (χ1) is 19.5. The van der Waals surface area contributed by atoms with Gasteiger partial charge in [0.1, 0.15) is 6.10 Å². The second-order valence-electron chi connectivity index (χ2n) is 9.23. The normalized spacial score (nSPS) is 13.8. The van der Waals surface area contributed by atoms with Crippen molar-refractivity contribution in [1.29, 1.82) is 5.26 Å². The summed E-state index contributed by atoms with van der Waals surface area (Å²) < 4.78 is 11.9. The molecule has 0 saturated carbocycles. The fourth-order valence-corrected chi connectivity index (χ4v) is 4.91. The number of nitriles is 1. The van der Waals surface area contributed by atoms with Gasteiger partial charge >= 0.3 is 0 Å². The monoisotopic (exact) mass is 551 g/mol. The Kier molecular flexibility index (Phi) is 7.99. The number of methoxy groups -OCH3 is 1. The van der Waals surface area contributed by atoms with Crippen molar-refractivity contribution in [3.05, 3.63) is 125 Å². The standard InChI is InChI=1S/C32H26ClN3O4/c1-39-29-17-23(13-16-28(29)40-30(18-33)22-7-3-2-4-8-22)27(35-24-14-11-21(19-34)12-15-24)20-36-31(37)25-9-5-6-10-26(25)32(36)38/h2-17,27,30,35H,18,20H2,1H3/t27?,30-/m0/s1. The van der Waals surface area contributed by atoms with Crippen molar-refractivity contribution in [2.24, 2.45) is 0 Å². The van der Waals surface area contributed by atoms with Crippen LogP contribution in [-0.2, 0) is 0 Å². The predicted octanol–water partition coefficient (Wildman–Crippen LogP) is 6.38. The Balaban J connectivity index is 1.46. The Labute approximate surface area is 237 Å². The Morgan fingerprint density at radius 2 is 1.50 bits per heavy atom. The number of fused-ring (bicyclic) bond motifs is 1. The van der Waals surface area contributed by atoms with Crippen LogP contribution in [0.2, 0.25) is 0 Å². The Hall–Kier alpha value is -4.80. The topological polar surface area (TPSA) is 91.7 Å². The molecule has 1 N–H and O–H groups in total. The van der Waals surface area contributed by atoms with Gasteiger partial charge in [0.05, 0.1) is 48.3 Å². The largest absolute Gasteiger partial charge is 0.493 e. The van der Waals surface area contributed by atoms with Crippen LogP contribution < -0.4 is 14.8 Å². The van der Waals surface area contributed by atoms with E-state index in [1.165, 1.54) is 4.90 Å². The lowest BCUT2D eigenvalue weighted by atomic mass is 10.0. The van der Waals surface area contributed by atoms with Crippen LogP contribution in [0, 0.1) is 11.3 Å². The van der Waals surface area contributed by atoms with E-state index in [4.69, 9.17) is 21.1 Å². The molecule has 5 rings (SSSR count). The predicted molar refractivity (Wildman–Crippen MR) is 153 cm³/mol. The lowest BCUT2D eigenvalue weighted by Gasteiger charge is -2.26. The van der Waals surface area contributed by atoms with Crippen molar-refractivity contribution in [3.8, 4) is 17.6 Å². The highest BCUT2D eigenvalue weighted by atomic mass is 35.5. The molecule has 0 spiro atoms. The number of nitrogens with one attached hydrogen (secondary N) is 1. The Bertz CT molecular complexity index is 1530. The molecule has 0 aliphatic carbocycles. The number of rotatable bonds is 10. The lowest BCUT2D eigenvalue weighted by Crippen LogP contribution is -2.36. The number of benzene rings is 4. The molecule has 0 radical (unpaired) electrons. The minimum Gasteiger partial charge on any atom is -0.493 e. The summed E-state index contributed by atoms with van der Waals surface area (Å²) in [7, 11) is 1.55. The molecule has 1 aliphatic heterocycles. The highest BCUT2D eigenvalue weighted by Gasteiger charge is 2.37. The smallest absolute Gasteiger partial charge is 0.261 e. The summed E-state index contributed by atoms with van der Waals surface area (Å²) in [6, 6.07) is 30.6. The summed E-state index contributed by atoms with van der Waals surface area (Å²) in [4.78, 5) is 27.6. The zero-order valence-corrected chi connectivity index (χ0v) is 22.5. The number of carbonyl (C=O) groups is 2. The third kappa shape index (κ3) is 5.49. The number of carbonyl (C=O) groups excluding carboxylic acids is 2. The number of amides is 2. The van der Waals surface area contributed by atoms with E-state index in [0.29, 0.717) is 28.2 Å². The molecule has 0 saturated heterocycles. The lowest BCUT2D eigenvalue weighted by molar-refractivity contribution is 0.0647. The molecule has 8 heteroatoms. The first kappa shape index (κ1) is 26.8. The van der Waals surface area contributed by atoms with E-state index in [2.05, 4.69) is 11.4 Å². The second kappa shape index (κ2) is 11.9. The summed E-state index contributed by atoms with van der Waals surface area (Å²) in [5.74, 6) is 0.562. The quantitative estimate of drug-likeness (QED) is 0.182. The average Bonchev–Trinajstić information content (AvgIpc) is 3.25. The molecule has 0 bridgehead atoms. The number of halogens is 1. The Morgan fingerprint density at radius 3 is 2.10 bits per heavy atom. The van der Waals surface area contributed by atoms with Crippen molar-refractivity contribution in [3.63, 3.8) is 0 Å². The van der Waals surface area contributed by atoms with Gasteiger partial charge < -0.3 is 14.8 Å². The SMILES string of the molecule is COc1cc(C(CN2C(=O)c3ccccc3C2=O)Nc2ccc(C#N)cc2)ccc1O[C@@H](CCl)c1ccccc1. The fourth-order valence-electron chi connectivity index (χ4n) is 4.67. The van der Waals surface area contributed by atoms with E-state index < -0.39 is 6.04 Å². The van der Waals surface area contributed by atoms with Gasteiger partial charge in [0, 0.05) is 5.69 Å². The summed E-state index contributed by atoms with van der Waals surface area (Å²) in [5.41, 5.74) is 3.74. The van der Waals surface area contributed by atoms with E-state index in [9.17, 15) is 14.9 Å². The third-order valence-electron chi connectivity index (χ3n) is 6.77. The summed E-state index contributed by atoms with van der Waals surface area (Å²) in [6.07, 6.45) is -0.381. The minimum atomic E-state index is -0.490. The molecule has 7 nitrogen and oxygen atoms in total. The van der Waals surface area contributed by atoms with Crippen molar-refractivity contribution >= 4 is 29.1 Å². The first-order valence-corrected chi connectivity index (χ1v) is 13.2. The number of anilines is 1. The number of ether oxygens (including phenoxy) is 2. The zero-order chi connectivity index (χ0) is 28.1. The van der Waals surface area contributed by atoms with Crippen molar-refractivity contribution < 1.29 is 19.1 Å². The van der Waals surface area contributed by atoms with E-state index in [1.54, 1.807) is 61.7 Å². The molecular formula is C32H26ClN3O4. The minimum absolute atomic E-state index is 0.0734. The maximum Gasteiger partial charge on any atom is 0.261 e. The van der Waals surface area contributed by atoms with Crippen LogP contribution in [0.1, 0.15) is 49.6 Å². The summed E-state index contributed by atoms with van der Waals surface area (Å²) >= 11 is 6.24. The van der Waals surface area contributed by atoms with Gasteiger partial charge in [-0.15, -0.1) is 11.6 Å². The fraction of sp³-hybridized carbons (Fsp3) is 0.156. The van der Waals surface area contributed by atoms with Gasteiger partial charge in [-0.3, -0.25) is 14.5 Å². The van der Waals surface area contributed by atoms with Gasteiger partial charge in [-0.1, -0.05) is 48.5 Å². The second-order valence-corrected chi connectivity index (χ2v) is 9.54. The molecule has 2 atom stereocenters. The number of alkyl halides is 1. The van der Waals surface area contributed by atoms with E-state index in [1.807, 2.05) is 42.5 Å². The summed E-state index contributed by atoms with van der Waals surface area (Å²) in [5, 5.41) is 12.6. The van der Waals surface area contributed by atoms with Crippen molar-refractivity contribution in [2.75, 3.05) is 24.9 Å². The highest BCUT2D eigenvalue weighted by molar-refractivity contribution is 6.21. The van der Waals surface area contributed by atoms with E-state index in [0.717, 1.165) is 16.8 Å². The molecule has 2 amide bonds. The number of hydrogen-bond donors (Lipinski definition) is 1. The number of hydrogen-bond acceptors (Lipinski definition) is 6. The van der Waals surface area contributed by atoms with Crippen LogP contribution in [0.3, 0.4) is 0 Å². The molecular weight excluding hydrogens is 526 g/mol. The molecule has 200 valence electrons. The van der Waals surface area contributed by atoms with Gasteiger partial charge in [0.25, 0.3) is 11.8 Å². The molecule has 4 aromatic rings. The maximum atomic E-state index is 13.2. The molecule has 0 aromatic heterocycles. The zero-order valence-electron chi connectivity index (χ0n) is 21.7. The number of nitrogens with zero attached hydrogens (tertiary/aromatic N) is 2. The van der Waals surface area contributed by atoms with Gasteiger partial charge in [-0.2, -0.15) is 5.26 Å². The summed E-state index contributed by atoms with van der Waals surface area (Å²) in [6.45, 7) is 0.0734. The molecule has 1 unspecified atom stereocenters. The van der Waals surface area contributed by atoms with Gasteiger partial charge in [-0.05, 0) is 59.7 Å². The Morgan fingerprint density at radius 1 is 0.850 bits per heavy atom. The van der Waals surface area contributed by atoms with E-state index in [-0.39, 0.29) is 30.3 Å². The molecule has 1 heterocycles. The van der Waals surface area contributed by atoms with E-state index >= 15 is 0 Å². The van der Waals surface area contributed by atoms with Crippen LogP contribution in [0.25, 0.3) is 0 Å². The molecule has 4 aromatic carbocycles. The molecule has 0 fully saturated rings. The van der Waals surface area contributed by atoms with Crippen molar-refractivity contribution in [2.45, 2.75) is 12.1 Å². The van der Waals surface area contributed by atoms with Gasteiger partial charge in [0.15, 0.2) is 11.5 Å². The van der Waals surface area contributed by atoms with Crippen LogP contribution in [0.4, 0.5) is 5.69 Å². The first-order valence-electron chi connectivity index (χ1n) is 12.7. The van der Waals surface area contributed by atoms with Gasteiger partial charge in [-0.25, -0.2) is 0 Å². The average molecular weight is 552 g/mol.